The molecule has 0 heterocycles. The maximum Gasteiger partial charge on any atom is 0.264 e. The summed E-state index contributed by atoms with van der Waals surface area (Å²) in [7, 11) is 1.65. The van der Waals surface area contributed by atoms with Gasteiger partial charge >= 0.3 is 0 Å². The van der Waals surface area contributed by atoms with E-state index in [9.17, 15) is 15.0 Å². The average molecular weight is 274 g/mol. The first-order valence-corrected chi connectivity index (χ1v) is 6.38. The topological polar surface area (TPSA) is 84.6 Å². The van der Waals surface area contributed by atoms with Gasteiger partial charge in [0.1, 0.15) is 11.6 Å². The van der Waals surface area contributed by atoms with Crippen molar-refractivity contribution in [3.63, 3.8) is 0 Å². The number of hydrogen-bond acceptors (Lipinski definition) is 4. The highest BCUT2D eigenvalue weighted by molar-refractivity contribution is 6.01. The van der Waals surface area contributed by atoms with Crippen LogP contribution in [-0.4, -0.2) is 34.6 Å². The molecule has 0 fully saturated rings. The number of likely N-dealkylation sites (N-methyl/N-ethyl adjacent to an activating group) is 1. The highest BCUT2D eigenvalue weighted by Crippen LogP contribution is 2.26. The second kappa shape index (κ2) is 7.19. The first-order chi connectivity index (χ1) is 9.49. The van der Waals surface area contributed by atoms with Gasteiger partial charge in [-0.25, -0.2) is 0 Å². The number of carbonyl (C=O) groups is 1. The molecule has 1 aromatic rings. The monoisotopic (exact) mass is 274 g/mol. The molecule has 2 N–H and O–H groups in total. The molecule has 1 amide bonds. The lowest BCUT2D eigenvalue weighted by molar-refractivity contribution is -0.125. The highest BCUT2D eigenvalue weighted by Gasteiger charge is 2.14. The molecule has 1 aromatic carbocycles. The van der Waals surface area contributed by atoms with E-state index >= 15 is 0 Å². The molecule has 0 saturated heterocycles. The summed E-state index contributed by atoms with van der Waals surface area (Å²) in [4.78, 5) is 13.6. The Morgan fingerprint density at radius 1 is 1.40 bits per heavy atom. The van der Waals surface area contributed by atoms with Crippen LogP contribution in [0, 0.1) is 11.3 Å². The molecule has 0 aromatic heterocycles. The van der Waals surface area contributed by atoms with E-state index in [0.717, 1.165) is 12.8 Å². The molecule has 5 heteroatoms. The quantitative estimate of drug-likeness (QED) is 0.490. The van der Waals surface area contributed by atoms with Crippen LogP contribution >= 0.6 is 0 Å². The third-order valence-corrected chi connectivity index (χ3v) is 2.86. The predicted octanol–water partition coefficient (Wildman–Crippen LogP) is 2.26. The van der Waals surface area contributed by atoms with Crippen LogP contribution in [0.15, 0.2) is 23.8 Å². The normalized spacial score (nSPS) is 10.9. The maximum absolute atomic E-state index is 12.1. The summed E-state index contributed by atoms with van der Waals surface area (Å²) in [5.41, 5.74) is 0.475. The van der Waals surface area contributed by atoms with E-state index in [-0.39, 0.29) is 23.0 Å². The number of carbonyl (C=O) groups excluding carboxylic acids is 1. The lowest BCUT2D eigenvalue weighted by atomic mass is 10.1. The molecule has 0 atom stereocenters. The fraction of sp³-hybridized carbons (Fsp3) is 0.333. The number of amides is 1. The average Bonchev–Trinajstić information content (AvgIpc) is 2.45. The highest BCUT2D eigenvalue weighted by atomic mass is 16.3. The molecule has 0 aliphatic rings. The van der Waals surface area contributed by atoms with Crippen molar-refractivity contribution in [2.45, 2.75) is 19.8 Å². The molecule has 0 saturated carbocycles. The molecule has 1 rings (SSSR count). The van der Waals surface area contributed by atoms with Gasteiger partial charge in [-0.3, -0.25) is 4.79 Å². The minimum absolute atomic E-state index is 0.00584. The van der Waals surface area contributed by atoms with Crippen molar-refractivity contribution in [3.8, 4) is 17.6 Å². The molecule has 0 aliphatic carbocycles. The van der Waals surface area contributed by atoms with Crippen LogP contribution in [0.3, 0.4) is 0 Å². The van der Waals surface area contributed by atoms with Gasteiger partial charge in [0.05, 0.1) is 0 Å². The summed E-state index contributed by atoms with van der Waals surface area (Å²) >= 11 is 0. The first-order valence-electron chi connectivity index (χ1n) is 6.38. The van der Waals surface area contributed by atoms with Crippen LogP contribution in [0.25, 0.3) is 6.08 Å². The predicted molar refractivity (Wildman–Crippen MR) is 75.9 cm³/mol. The number of phenolic OH excluding ortho intramolecular Hbond substituents is 2. The number of aromatic hydroxyl groups is 2. The van der Waals surface area contributed by atoms with Crippen LogP contribution in [-0.2, 0) is 4.79 Å². The van der Waals surface area contributed by atoms with E-state index in [1.807, 2.05) is 13.0 Å². The standard InChI is InChI=1S/C15H18N2O3/c1-3-4-7-17(2)15(20)12(10-16)8-11-5-6-13(18)14(19)9-11/h5-6,8-9,18-19H,3-4,7H2,1-2H3/b12-8+. The summed E-state index contributed by atoms with van der Waals surface area (Å²) in [6.07, 6.45) is 3.24. The molecule has 5 nitrogen and oxygen atoms in total. The number of hydrogen-bond donors (Lipinski definition) is 2. The lowest BCUT2D eigenvalue weighted by Gasteiger charge is -2.15. The Bertz CT molecular complexity index is 559. The molecule has 0 unspecified atom stereocenters. The zero-order valence-corrected chi connectivity index (χ0v) is 11.6. The van der Waals surface area contributed by atoms with E-state index in [1.54, 1.807) is 7.05 Å². The molecule has 0 spiro atoms. The Hall–Kier alpha value is -2.48. The number of phenols is 2. The van der Waals surface area contributed by atoms with E-state index in [0.29, 0.717) is 12.1 Å². The summed E-state index contributed by atoms with van der Waals surface area (Å²) < 4.78 is 0. The largest absolute Gasteiger partial charge is 0.504 e. The smallest absolute Gasteiger partial charge is 0.264 e. The summed E-state index contributed by atoms with van der Waals surface area (Å²) in [5, 5.41) is 27.7. The van der Waals surface area contributed by atoms with Gasteiger partial charge in [0.15, 0.2) is 11.5 Å². The van der Waals surface area contributed by atoms with Gasteiger partial charge in [0.25, 0.3) is 5.91 Å². The van der Waals surface area contributed by atoms with Gasteiger partial charge < -0.3 is 15.1 Å². The fourth-order valence-corrected chi connectivity index (χ4v) is 1.64. The Labute approximate surface area is 118 Å². The van der Waals surface area contributed by atoms with Crippen LogP contribution in [0.4, 0.5) is 0 Å². The minimum atomic E-state index is -0.353. The molecular weight excluding hydrogens is 256 g/mol. The molecular formula is C15H18N2O3. The molecule has 20 heavy (non-hydrogen) atoms. The maximum atomic E-state index is 12.1. The number of nitriles is 1. The van der Waals surface area contributed by atoms with Crippen molar-refractivity contribution < 1.29 is 15.0 Å². The zero-order valence-electron chi connectivity index (χ0n) is 11.6. The summed E-state index contributed by atoms with van der Waals surface area (Å²) in [6, 6.07) is 5.99. The van der Waals surface area contributed by atoms with Gasteiger partial charge in [0.2, 0.25) is 0 Å². The first kappa shape index (κ1) is 15.6. The molecule has 0 aliphatic heterocycles. The Kier molecular flexibility index (Phi) is 5.60. The fourth-order valence-electron chi connectivity index (χ4n) is 1.64. The minimum Gasteiger partial charge on any atom is -0.504 e. The molecule has 0 radical (unpaired) electrons. The van der Waals surface area contributed by atoms with Gasteiger partial charge in [-0.05, 0) is 30.2 Å². The number of unbranched alkanes of at least 4 members (excludes halogenated alkanes) is 1. The van der Waals surface area contributed by atoms with Gasteiger partial charge in [0, 0.05) is 13.6 Å². The van der Waals surface area contributed by atoms with Crippen molar-refractivity contribution in [2.75, 3.05) is 13.6 Å². The molecule has 0 bridgehead atoms. The molecule has 106 valence electrons. The van der Waals surface area contributed by atoms with Crippen LogP contribution < -0.4 is 0 Å². The Balaban J connectivity index is 2.94. The van der Waals surface area contributed by atoms with Crippen LogP contribution in [0.2, 0.25) is 0 Å². The van der Waals surface area contributed by atoms with Crippen molar-refractivity contribution >= 4 is 12.0 Å². The van der Waals surface area contributed by atoms with Crippen molar-refractivity contribution in [2.24, 2.45) is 0 Å². The van der Waals surface area contributed by atoms with Gasteiger partial charge in [-0.15, -0.1) is 0 Å². The van der Waals surface area contributed by atoms with E-state index < -0.39 is 0 Å². The van der Waals surface area contributed by atoms with Gasteiger partial charge in [-0.1, -0.05) is 19.4 Å². The Morgan fingerprint density at radius 3 is 2.65 bits per heavy atom. The van der Waals surface area contributed by atoms with E-state index in [2.05, 4.69) is 0 Å². The van der Waals surface area contributed by atoms with E-state index in [4.69, 9.17) is 5.26 Å². The van der Waals surface area contributed by atoms with Crippen molar-refractivity contribution in [3.05, 3.63) is 29.3 Å². The number of rotatable bonds is 5. The number of nitrogens with zero attached hydrogens (tertiary/aromatic N) is 2. The third-order valence-electron chi connectivity index (χ3n) is 2.86. The summed E-state index contributed by atoms with van der Waals surface area (Å²) in [5.74, 6) is -0.886. The van der Waals surface area contributed by atoms with Crippen LogP contribution in [0.1, 0.15) is 25.3 Å². The Morgan fingerprint density at radius 2 is 2.10 bits per heavy atom. The van der Waals surface area contributed by atoms with Crippen LogP contribution in [0.5, 0.6) is 11.5 Å². The van der Waals surface area contributed by atoms with Crippen molar-refractivity contribution in [1.29, 1.82) is 5.26 Å². The summed E-state index contributed by atoms with van der Waals surface area (Å²) in [6.45, 7) is 2.62. The number of benzene rings is 1. The zero-order chi connectivity index (χ0) is 15.1. The van der Waals surface area contributed by atoms with Crippen molar-refractivity contribution in [1.82, 2.24) is 4.90 Å². The van der Waals surface area contributed by atoms with Gasteiger partial charge in [-0.2, -0.15) is 5.26 Å². The SMILES string of the molecule is CCCCN(C)C(=O)/C(C#N)=C/c1ccc(O)c(O)c1. The second-order valence-corrected chi connectivity index (χ2v) is 4.50. The van der Waals surface area contributed by atoms with E-state index in [1.165, 1.54) is 29.2 Å². The second-order valence-electron chi connectivity index (χ2n) is 4.50. The lowest BCUT2D eigenvalue weighted by Crippen LogP contribution is -2.28. The third kappa shape index (κ3) is 4.02.